The molecule has 1 amide bonds. The first-order valence-corrected chi connectivity index (χ1v) is 10.2. The summed E-state index contributed by atoms with van der Waals surface area (Å²) in [4.78, 5) is 15.6. The maximum atomic E-state index is 13.7. The summed E-state index contributed by atoms with van der Waals surface area (Å²) < 4.78 is 21.7. The van der Waals surface area contributed by atoms with E-state index in [2.05, 4.69) is 5.16 Å². The average Bonchev–Trinajstić information content (AvgIpc) is 3.45. The number of amides is 1. The third-order valence-electron chi connectivity index (χ3n) is 5.74. The van der Waals surface area contributed by atoms with E-state index < -0.39 is 0 Å². The molecule has 31 heavy (non-hydrogen) atoms. The Morgan fingerprint density at radius 2 is 1.77 bits per heavy atom. The number of ether oxygens (including phenoxy) is 3. The highest BCUT2D eigenvalue weighted by Gasteiger charge is 2.35. The standard InChI is InChI=1S/C24H26N2O5/c1-15-22(23(25-31-15)17-8-5-6-10-19(17)28-2)24(27)26-13-7-9-18(26)16-11-12-20(29-3)21(14-16)30-4/h5-6,8,10-12,14,18H,7,9,13H2,1-4H3. The number of aryl methyl sites for hydroxylation is 1. The second-order valence-electron chi connectivity index (χ2n) is 7.43. The number of carbonyl (C=O) groups is 1. The normalized spacial score (nSPS) is 15.7. The molecule has 1 unspecified atom stereocenters. The summed E-state index contributed by atoms with van der Waals surface area (Å²) >= 11 is 0. The van der Waals surface area contributed by atoms with Gasteiger partial charge in [0.15, 0.2) is 11.5 Å². The quantitative estimate of drug-likeness (QED) is 0.576. The molecule has 1 aliphatic heterocycles. The molecule has 4 rings (SSSR count). The highest BCUT2D eigenvalue weighted by molar-refractivity contribution is 6.01. The maximum Gasteiger partial charge on any atom is 0.260 e. The monoisotopic (exact) mass is 422 g/mol. The molecule has 0 aliphatic carbocycles. The highest BCUT2D eigenvalue weighted by atomic mass is 16.5. The summed E-state index contributed by atoms with van der Waals surface area (Å²) in [5.41, 5.74) is 2.71. The van der Waals surface area contributed by atoms with Gasteiger partial charge in [-0.2, -0.15) is 0 Å². The molecule has 1 aliphatic rings. The second kappa shape index (κ2) is 8.71. The Bertz CT molecular complexity index is 1090. The number of carbonyl (C=O) groups excluding carboxylic acids is 1. The van der Waals surface area contributed by atoms with Gasteiger partial charge in [-0.05, 0) is 49.6 Å². The van der Waals surface area contributed by atoms with Crippen LogP contribution >= 0.6 is 0 Å². The van der Waals surface area contributed by atoms with Gasteiger partial charge in [-0.3, -0.25) is 4.79 Å². The molecule has 0 radical (unpaired) electrons. The van der Waals surface area contributed by atoms with Gasteiger partial charge in [-0.25, -0.2) is 0 Å². The van der Waals surface area contributed by atoms with Crippen molar-refractivity contribution in [2.75, 3.05) is 27.9 Å². The largest absolute Gasteiger partial charge is 0.496 e. The molecule has 1 atom stereocenters. The molecule has 1 fully saturated rings. The van der Waals surface area contributed by atoms with Gasteiger partial charge in [-0.15, -0.1) is 0 Å². The SMILES string of the molecule is COc1ccc(C2CCCN2C(=O)c2c(-c3ccccc3OC)noc2C)cc1OC. The molecule has 7 heteroatoms. The number of likely N-dealkylation sites (tertiary alicyclic amines) is 1. The summed E-state index contributed by atoms with van der Waals surface area (Å²) in [6.07, 6.45) is 1.79. The Labute approximate surface area is 181 Å². The molecule has 1 saturated heterocycles. The zero-order chi connectivity index (χ0) is 22.0. The van der Waals surface area contributed by atoms with Crippen molar-refractivity contribution in [1.82, 2.24) is 10.1 Å². The number of methoxy groups -OCH3 is 3. The molecular weight excluding hydrogens is 396 g/mol. The van der Waals surface area contributed by atoms with E-state index in [0.29, 0.717) is 40.8 Å². The fourth-order valence-corrected chi connectivity index (χ4v) is 4.21. The van der Waals surface area contributed by atoms with E-state index in [1.807, 2.05) is 47.4 Å². The first-order chi connectivity index (χ1) is 15.1. The van der Waals surface area contributed by atoms with Crippen LogP contribution in [-0.2, 0) is 0 Å². The highest BCUT2D eigenvalue weighted by Crippen LogP contribution is 2.40. The Kier molecular flexibility index (Phi) is 5.84. The summed E-state index contributed by atoms with van der Waals surface area (Å²) in [6.45, 7) is 2.43. The predicted molar refractivity (Wildman–Crippen MR) is 116 cm³/mol. The third-order valence-corrected chi connectivity index (χ3v) is 5.74. The van der Waals surface area contributed by atoms with Crippen molar-refractivity contribution >= 4 is 5.91 Å². The lowest BCUT2D eigenvalue weighted by Crippen LogP contribution is -2.31. The predicted octanol–water partition coefficient (Wildman–Crippen LogP) is 4.65. The van der Waals surface area contributed by atoms with E-state index in [1.54, 1.807) is 28.3 Å². The molecular formula is C24H26N2O5. The van der Waals surface area contributed by atoms with Crippen molar-refractivity contribution in [3.05, 3.63) is 59.4 Å². The van der Waals surface area contributed by atoms with Crippen molar-refractivity contribution in [2.45, 2.75) is 25.8 Å². The second-order valence-corrected chi connectivity index (χ2v) is 7.43. The average molecular weight is 422 g/mol. The molecule has 162 valence electrons. The van der Waals surface area contributed by atoms with Crippen molar-refractivity contribution in [2.24, 2.45) is 0 Å². The molecule has 1 aromatic heterocycles. The molecule has 2 heterocycles. The summed E-state index contributed by atoms with van der Waals surface area (Å²) in [5, 5.41) is 4.20. The number of hydrogen-bond donors (Lipinski definition) is 0. The van der Waals surface area contributed by atoms with Gasteiger partial charge in [0.2, 0.25) is 0 Å². The van der Waals surface area contributed by atoms with Crippen molar-refractivity contribution < 1.29 is 23.5 Å². The first kappa shape index (κ1) is 20.8. The van der Waals surface area contributed by atoms with Crippen LogP contribution in [0.3, 0.4) is 0 Å². The molecule has 2 aromatic carbocycles. The van der Waals surface area contributed by atoms with Crippen molar-refractivity contribution in [3.63, 3.8) is 0 Å². The van der Waals surface area contributed by atoms with E-state index in [4.69, 9.17) is 18.7 Å². The fourth-order valence-electron chi connectivity index (χ4n) is 4.21. The van der Waals surface area contributed by atoms with Gasteiger partial charge in [0.1, 0.15) is 22.8 Å². The lowest BCUT2D eigenvalue weighted by molar-refractivity contribution is 0.0734. The molecule has 0 saturated carbocycles. The van der Waals surface area contributed by atoms with Crippen LogP contribution in [0, 0.1) is 6.92 Å². The Morgan fingerprint density at radius 1 is 1.03 bits per heavy atom. The van der Waals surface area contributed by atoms with Gasteiger partial charge < -0.3 is 23.6 Å². The van der Waals surface area contributed by atoms with Gasteiger partial charge >= 0.3 is 0 Å². The van der Waals surface area contributed by atoms with Crippen molar-refractivity contribution in [1.29, 1.82) is 0 Å². The smallest absolute Gasteiger partial charge is 0.260 e. The molecule has 3 aromatic rings. The number of hydrogen-bond acceptors (Lipinski definition) is 6. The fraction of sp³-hybridized carbons (Fsp3) is 0.333. The van der Waals surface area contributed by atoms with Crippen LogP contribution in [0.5, 0.6) is 17.2 Å². The van der Waals surface area contributed by atoms with Gasteiger partial charge in [0.05, 0.1) is 27.4 Å². The van der Waals surface area contributed by atoms with Crippen LogP contribution < -0.4 is 14.2 Å². The van der Waals surface area contributed by atoms with Gasteiger partial charge in [0.25, 0.3) is 5.91 Å². The molecule has 0 bridgehead atoms. The Morgan fingerprint density at radius 3 is 2.52 bits per heavy atom. The third kappa shape index (κ3) is 3.71. The van der Waals surface area contributed by atoms with E-state index >= 15 is 0 Å². The molecule has 0 N–H and O–H groups in total. The zero-order valence-electron chi connectivity index (χ0n) is 18.2. The minimum absolute atomic E-state index is 0.0628. The van der Waals surface area contributed by atoms with E-state index in [-0.39, 0.29) is 11.9 Å². The minimum Gasteiger partial charge on any atom is -0.496 e. The molecule has 0 spiro atoms. The van der Waals surface area contributed by atoms with Crippen LogP contribution in [-0.4, -0.2) is 43.8 Å². The summed E-state index contributed by atoms with van der Waals surface area (Å²) in [5.74, 6) is 2.34. The topological polar surface area (TPSA) is 74.0 Å². The van der Waals surface area contributed by atoms with Crippen LogP contribution in [0.1, 0.15) is 40.6 Å². The number of aromatic nitrogens is 1. The van der Waals surface area contributed by atoms with Crippen LogP contribution in [0.4, 0.5) is 0 Å². The molecule has 7 nitrogen and oxygen atoms in total. The lowest BCUT2D eigenvalue weighted by atomic mass is 10.0. The van der Waals surface area contributed by atoms with Crippen LogP contribution in [0.2, 0.25) is 0 Å². The van der Waals surface area contributed by atoms with Gasteiger partial charge in [-0.1, -0.05) is 23.4 Å². The number of para-hydroxylation sites is 1. The zero-order valence-corrected chi connectivity index (χ0v) is 18.2. The summed E-state index contributed by atoms with van der Waals surface area (Å²) in [7, 11) is 4.82. The number of rotatable bonds is 6. The summed E-state index contributed by atoms with van der Waals surface area (Å²) in [6, 6.07) is 13.2. The van der Waals surface area contributed by atoms with Crippen molar-refractivity contribution in [3.8, 4) is 28.5 Å². The Balaban J connectivity index is 1.71. The number of nitrogens with zero attached hydrogens (tertiary/aromatic N) is 2. The first-order valence-electron chi connectivity index (χ1n) is 10.2. The van der Waals surface area contributed by atoms with E-state index in [0.717, 1.165) is 24.0 Å². The van der Waals surface area contributed by atoms with Gasteiger partial charge in [0, 0.05) is 12.1 Å². The maximum absolute atomic E-state index is 13.7. The van der Waals surface area contributed by atoms with Crippen LogP contribution in [0.25, 0.3) is 11.3 Å². The van der Waals surface area contributed by atoms with E-state index in [1.165, 1.54) is 0 Å². The lowest BCUT2D eigenvalue weighted by Gasteiger charge is -2.26. The Hall–Kier alpha value is -3.48. The number of benzene rings is 2. The van der Waals surface area contributed by atoms with E-state index in [9.17, 15) is 4.79 Å². The minimum atomic E-state index is -0.100. The van der Waals surface area contributed by atoms with Crippen LogP contribution in [0.15, 0.2) is 47.0 Å².